The van der Waals surface area contributed by atoms with Crippen molar-refractivity contribution in [3.8, 4) is 0 Å². The van der Waals surface area contributed by atoms with Gasteiger partial charge in [-0.3, -0.25) is 4.90 Å². The Labute approximate surface area is 117 Å². The van der Waals surface area contributed by atoms with Gasteiger partial charge in [-0.15, -0.1) is 0 Å². The Kier molecular flexibility index (Phi) is 4.78. The minimum absolute atomic E-state index is 0.285. The van der Waals surface area contributed by atoms with Gasteiger partial charge in [0, 0.05) is 30.1 Å². The molecule has 4 heteroatoms. The van der Waals surface area contributed by atoms with Crippen molar-refractivity contribution in [2.24, 2.45) is 5.73 Å². The molecule has 0 bridgehead atoms. The highest BCUT2D eigenvalue weighted by molar-refractivity contribution is 9.10. The van der Waals surface area contributed by atoms with Gasteiger partial charge in [0.05, 0.1) is 12.7 Å². The molecule has 2 atom stereocenters. The van der Waals surface area contributed by atoms with Gasteiger partial charge in [-0.05, 0) is 31.0 Å². The van der Waals surface area contributed by atoms with Gasteiger partial charge in [0.25, 0.3) is 0 Å². The molecular formula is C14H21BrN2O. The third kappa shape index (κ3) is 3.12. The SMILES string of the molecule is Cc1ccc(C(CN)N2CCOC(C)C2)cc1Br. The van der Waals surface area contributed by atoms with Crippen molar-refractivity contribution in [3.63, 3.8) is 0 Å². The highest BCUT2D eigenvalue weighted by Gasteiger charge is 2.24. The van der Waals surface area contributed by atoms with Crippen molar-refractivity contribution >= 4 is 15.9 Å². The van der Waals surface area contributed by atoms with Crippen LogP contribution in [0.2, 0.25) is 0 Å². The molecule has 2 unspecified atom stereocenters. The van der Waals surface area contributed by atoms with Crippen molar-refractivity contribution < 1.29 is 4.74 Å². The highest BCUT2D eigenvalue weighted by atomic mass is 79.9. The number of rotatable bonds is 3. The average molecular weight is 313 g/mol. The number of nitrogens with two attached hydrogens (primary N) is 1. The van der Waals surface area contributed by atoms with Gasteiger partial charge in [0.15, 0.2) is 0 Å². The summed E-state index contributed by atoms with van der Waals surface area (Å²) >= 11 is 3.60. The minimum Gasteiger partial charge on any atom is -0.376 e. The molecule has 0 aromatic heterocycles. The van der Waals surface area contributed by atoms with Gasteiger partial charge in [-0.25, -0.2) is 0 Å². The zero-order valence-electron chi connectivity index (χ0n) is 11.0. The maximum Gasteiger partial charge on any atom is 0.0674 e. The number of benzene rings is 1. The van der Waals surface area contributed by atoms with Crippen molar-refractivity contribution in [2.45, 2.75) is 26.0 Å². The first-order valence-corrected chi connectivity index (χ1v) is 7.23. The Morgan fingerprint density at radius 2 is 2.33 bits per heavy atom. The molecule has 2 N–H and O–H groups in total. The first kappa shape index (κ1) is 14.0. The van der Waals surface area contributed by atoms with Crippen molar-refractivity contribution in [1.82, 2.24) is 4.90 Å². The molecule has 100 valence electrons. The normalized spacial score (nSPS) is 23.0. The van der Waals surface area contributed by atoms with Gasteiger partial charge >= 0.3 is 0 Å². The minimum atomic E-state index is 0.285. The summed E-state index contributed by atoms with van der Waals surface area (Å²) in [6.45, 7) is 7.56. The molecule has 0 saturated carbocycles. The van der Waals surface area contributed by atoms with E-state index in [9.17, 15) is 0 Å². The second kappa shape index (κ2) is 6.15. The fourth-order valence-electron chi connectivity index (χ4n) is 2.44. The van der Waals surface area contributed by atoms with Gasteiger partial charge in [-0.2, -0.15) is 0 Å². The van der Waals surface area contributed by atoms with Gasteiger partial charge in [0.2, 0.25) is 0 Å². The van der Waals surface area contributed by atoms with Gasteiger partial charge in [-0.1, -0.05) is 28.1 Å². The van der Waals surface area contributed by atoms with Crippen LogP contribution in [0.4, 0.5) is 0 Å². The number of ether oxygens (including phenoxy) is 1. The molecule has 1 aromatic carbocycles. The average Bonchev–Trinajstić information content (AvgIpc) is 2.35. The summed E-state index contributed by atoms with van der Waals surface area (Å²) < 4.78 is 6.74. The van der Waals surface area contributed by atoms with E-state index in [0.717, 1.165) is 24.2 Å². The third-order valence-electron chi connectivity index (χ3n) is 3.52. The summed E-state index contributed by atoms with van der Waals surface area (Å²) in [6.07, 6.45) is 0.293. The van der Waals surface area contributed by atoms with E-state index >= 15 is 0 Å². The molecular weight excluding hydrogens is 292 g/mol. The van der Waals surface area contributed by atoms with Crippen molar-refractivity contribution in [2.75, 3.05) is 26.2 Å². The van der Waals surface area contributed by atoms with Gasteiger partial charge < -0.3 is 10.5 Å². The first-order valence-electron chi connectivity index (χ1n) is 6.43. The smallest absolute Gasteiger partial charge is 0.0674 e. The van der Waals surface area contributed by atoms with Gasteiger partial charge in [0.1, 0.15) is 0 Å². The summed E-state index contributed by atoms with van der Waals surface area (Å²) in [6, 6.07) is 6.80. The quantitative estimate of drug-likeness (QED) is 0.932. The lowest BCUT2D eigenvalue weighted by Gasteiger charge is -2.37. The lowest BCUT2D eigenvalue weighted by Crippen LogP contribution is -2.45. The summed E-state index contributed by atoms with van der Waals surface area (Å²) in [7, 11) is 0. The molecule has 1 aliphatic rings. The van der Waals surface area contributed by atoms with Crippen LogP contribution in [0.1, 0.15) is 24.1 Å². The van der Waals surface area contributed by atoms with Crippen LogP contribution in [0.15, 0.2) is 22.7 Å². The molecule has 1 aliphatic heterocycles. The predicted molar refractivity (Wildman–Crippen MR) is 77.7 cm³/mol. The van der Waals surface area contributed by atoms with Crippen LogP contribution in [0.25, 0.3) is 0 Å². The van der Waals surface area contributed by atoms with Crippen LogP contribution >= 0.6 is 15.9 Å². The van der Waals surface area contributed by atoms with E-state index in [0.29, 0.717) is 12.6 Å². The second-order valence-corrected chi connectivity index (χ2v) is 5.79. The Balaban J connectivity index is 2.18. The third-order valence-corrected chi connectivity index (χ3v) is 4.37. The summed E-state index contributed by atoms with van der Waals surface area (Å²) in [5, 5.41) is 0. The van der Waals surface area contributed by atoms with Crippen molar-refractivity contribution in [1.29, 1.82) is 0 Å². The van der Waals surface area contributed by atoms with Crippen LogP contribution in [0.5, 0.6) is 0 Å². The Morgan fingerprint density at radius 3 is 2.94 bits per heavy atom. The molecule has 1 aromatic rings. The second-order valence-electron chi connectivity index (χ2n) is 4.94. The molecule has 1 heterocycles. The molecule has 0 aliphatic carbocycles. The zero-order chi connectivity index (χ0) is 13.1. The molecule has 0 spiro atoms. The monoisotopic (exact) mass is 312 g/mol. The summed E-state index contributed by atoms with van der Waals surface area (Å²) in [5.41, 5.74) is 8.51. The van der Waals surface area contributed by atoms with E-state index < -0.39 is 0 Å². The maximum atomic E-state index is 5.97. The molecule has 0 amide bonds. The van der Waals surface area contributed by atoms with Crippen LogP contribution in [-0.2, 0) is 4.74 Å². The molecule has 3 nitrogen and oxygen atoms in total. The largest absolute Gasteiger partial charge is 0.376 e. The number of hydrogen-bond donors (Lipinski definition) is 1. The highest BCUT2D eigenvalue weighted by Crippen LogP contribution is 2.26. The fraction of sp³-hybridized carbons (Fsp3) is 0.571. The maximum absolute atomic E-state index is 5.97. The molecule has 1 fully saturated rings. The first-order chi connectivity index (χ1) is 8.61. The topological polar surface area (TPSA) is 38.5 Å². The number of morpholine rings is 1. The van der Waals surface area contributed by atoms with E-state index in [1.807, 2.05) is 0 Å². The number of nitrogens with zero attached hydrogens (tertiary/aromatic N) is 1. The van der Waals surface area contributed by atoms with Crippen molar-refractivity contribution in [3.05, 3.63) is 33.8 Å². The Bertz CT molecular complexity index is 411. The molecule has 1 saturated heterocycles. The van der Waals surface area contributed by atoms with E-state index in [1.165, 1.54) is 11.1 Å². The summed E-state index contributed by atoms with van der Waals surface area (Å²) in [5.74, 6) is 0. The number of hydrogen-bond acceptors (Lipinski definition) is 3. The predicted octanol–water partition coefficient (Wildman–Crippen LogP) is 2.48. The number of halogens is 1. The van der Waals surface area contributed by atoms with Crippen LogP contribution in [0, 0.1) is 6.92 Å². The Morgan fingerprint density at radius 1 is 1.56 bits per heavy atom. The number of aryl methyl sites for hydroxylation is 1. The fourth-order valence-corrected chi connectivity index (χ4v) is 2.84. The molecule has 0 radical (unpaired) electrons. The Hall–Kier alpha value is -0.420. The zero-order valence-corrected chi connectivity index (χ0v) is 12.6. The lowest BCUT2D eigenvalue weighted by molar-refractivity contribution is -0.0333. The van der Waals surface area contributed by atoms with E-state index in [-0.39, 0.29) is 6.04 Å². The molecule has 2 rings (SSSR count). The lowest BCUT2D eigenvalue weighted by atomic mass is 10.0. The standard InChI is InChI=1S/C14H21BrN2O/c1-10-3-4-12(7-13(10)15)14(8-16)17-5-6-18-11(2)9-17/h3-4,7,11,14H,5-6,8-9,16H2,1-2H3. The molecule has 18 heavy (non-hydrogen) atoms. The summed E-state index contributed by atoms with van der Waals surface area (Å²) in [4.78, 5) is 2.42. The van der Waals surface area contributed by atoms with Crippen LogP contribution in [-0.4, -0.2) is 37.2 Å². The van der Waals surface area contributed by atoms with Crippen LogP contribution in [0.3, 0.4) is 0 Å². The van der Waals surface area contributed by atoms with E-state index in [2.05, 4.69) is 52.9 Å². The van der Waals surface area contributed by atoms with E-state index in [4.69, 9.17) is 10.5 Å². The van der Waals surface area contributed by atoms with Crippen LogP contribution < -0.4 is 5.73 Å². The van der Waals surface area contributed by atoms with E-state index in [1.54, 1.807) is 0 Å².